The van der Waals surface area contributed by atoms with Crippen LogP contribution in [0.2, 0.25) is 0 Å². The summed E-state index contributed by atoms with van der Waals surface area (Å²) >= 11 is 0. The molecule has 0 bridgehead atoms. The summed E-state index contributed by atoms with van der Waals surface area (Å²) in [5.74, 6) is 0.336. The minimum Gasteiger partial charge on any atom is -0.342 e. The van der Waals surface area contributed by atoms with E-state index in [1.807, 2.05) is 6.07 Å². The van der Waals surface area contributed by atoms with Crippen molar-refractivity contribution < 1.29 is 4.92 Å². The number of hydrogen-bond donors (Lipinski definition) is 0. The van der Waals surface area contributed by atoms with Gasteiger partial charge >= 0.3 is 0 Å². The van der Waals surface area contributed by atoms with Gasteiger partial charge in [-0.25, -0.2) is 4.99 Å². The first-order valence-electron chi connectivity index (χ1n) is 5.31. The van der Waals surface area contributed by atoms with Crippen molar-refractivity contribution in [1.82, 2.24) is 4.90 Å². The fraction of sp³-hybridized carbons (Fsp3) is 0.167. The van der Waals surface area contributed by atoms with E-state index in [1.165, 1.54) is 0 Å². The predicted molar refractivity (Wildman–Crippen MR) is 65.1 cm³/mol. The van der Waals surface area contributed by atoms with Gasteiger partial charge in [-0.1, -0.05) is 12.1 Å². The Morgan fingerprint density at radius 1 is 1.61 bits per heavy atom. The van der Waals surface area contributed by atoms with Crippen molar-refractivity contribution in [2.45, 2.75) is 6.54 Å². The molecule has 18 heavy (non-hydrogen) atoms. The molecule has 0 saturated carbocycles. The zero-order chi connectivity index (χ0) is 13.0. The summed E-state index contributed by atoms with van der Waals surface area (Å²) in [6.45, 7) is 1.03. The van der Waals surface area contributed by atoms with Crippen LogP contribution in [-0.4, -0.2) is 22.6 Å². The van der Waals surface area contributed by atoms with E-state index in [-0.39, 0.29) is 0 Å². The van der Waals surface area contributed by atoms with Crippen LogP contribution in [0.5, 0.6) is 0 Å². The van der Waals surface area contributed by atoms with Crippen LogP contribution in [0.25, 0.3) is 0 Å². The minimum absolute atomic E-state index is 0.336. The molecule has 0 aliphatic carbocycles. The molecule has 0 atom stereocenters. The van der Waals surface area contributed by atoms with Crippen LogP contribution >= 0.6 is 0 Å². The van der Waals surface area contributed by atoms with Crippen LogP contribution < -0.4 is 0 Å². The zero-order valence-electron chi connectivity index (χ0n) is 9.48. The summed E-state index contributed by atoms with van der Waals surface area (Å²) in [5.41, 5.74) is 1.50. The van der Waals surface area contributed by atoms with Crippen LogP contribution in [-0.2, 0) is 6.54 Å². The number of hydrogen-bond acceptors (Lipinski definition) is 5. The molecule has 0 spiro atoms. The maximum absolute atomic E-state index is 10.4. The lowest BCUT2D eigenvalue weighted by Crippen LogP contribution is -2.19. The summed E-state index contributed by atoms with van der Waals surface area (Å²) in [6.07, 6.45) is 2.52. The molecule has 0 saturated heterocycles. The molecule has 1 aliphatic heterocycles. The van der Waals surface area contributed by atoms with E-state index < -0.39 is 4.92 Å². The van der Waals surface area contributed by atoms with Crippen molar-refractivity contribution in [2.75, 3.05) is 6.54 Å². The Morgan fingerprint density at radius 2 is 2.44 bits per heavy atom. The van der Waals surface area contributed by atoms with Crippen LogP contribution in [0, 0.1) is 21.4 Å². The Kier molecular flexibility index (Phi) is 3.34. The highest BCUT2D eigenvalue weighted by Gasteiger charge is 2.16. The summed E-state index contributed by atoms with van der Waals surface area (Å²) in [7, 11) is 0. The SMILES string of the molecule is N#Cc1cccc(CN2CC=NC2=C[N+](=O)[O-])c1. The molecule has 90 valence electrons. The lowest BCUT2D eigenvalue weighted by molar-refractivity contribution is -0.404. The molecule has 0 aromatic heterocycles. The van der Waals surface area contributed by atoms with Gasteiger partial charge in [-0.05, 0) is 17.7 Å². The number of rotatable bonds is 3. The largest absolute Gasteiger partial charge is 0.342 e. The highest BCUT2D eigenvalue weighted by Crippen LogP contribution is 2.16. The molecule has 0 radical (unpaired) electrons. The van der Waals surface area contributed by atoms with Gasteiger partial charge in [0.05, 0.1) is 23.1 Å². The standard InChI is InChI=1S/C12H10N4O2/c13-7-10-2-1-3-11(6-10)8-15-5-4-14-12(15)9-16(17)18/h1-4,6,9H,5,8H2. The lowest BCUT2D eigenvalue weighted by atomic mass is 10.1. The quantitative estimate of drug-likeness (QED) is 0.594. The molecule has 2 rings (SSSR count). The fourth-order valence-electron chi connectivity index (χ4n) is 1.72. The topological polar surface area (TPSA) is 82.5 Å². The molecule has 0 fully saturated rings. The molecule has 1 aromatic rings. The molecule has 0 amide bonds. The first-order chi connectivity index (χ1) is 8.69. The van der Waals surface area contributed by atoms with Gasteiger partial charge in [-0.15, -0.1) is 0 Å². The van der Waals surface area contributed by atoms with Gasteiger partial charge < -0.3 is 4.90 Å². The Morgan fingerprint density at radius 3 is 3.17 bits per heavy atom. The molecule has 0 unspecified atom stereocenters. The summed E-state index contributed by atoms with van der Waals surface area (Å²) in [5, 5.41) is 19.2. The second kappa shape index (κ2) is 5.10. The summed E-state index contributed by atoms with van der Waals surface area (Å²) < 4.78 is 0. The highest BCUT2D eigenvalue weighted by molar-refractivity contribution is 5.64. The van der Waals surface area contributed by atoms with Gasteiger partial charge in [0.25, 0.3) is 6.20 Å². The molecule has 1 heterocycles. The third-order valence-corrected chi connectivity index (χ3v) is 2.50. The van der Waals surface area contributed by atoms with E-state index in [9.17, 15) is 10.1 Å². The molecular weight excluding hydrogens is 232 g/mol. The Labute approximate surface area is 104 Å². The zero-order valence-corrected chi connectivity index (χ0v) is 9.48. The molecular formula is C12H10N4O2. The van der Waals surface area contributed by atoms with E-state index >= 15 is 0 Å². The van der Waals surface area contributed by atoms with Gasteiger partial charge in [-0.3, -0.25) is 10.1 Å². The van der Waals surface area contributed by atoms with E-state index in [1.54, 1.807) is 29.3 Å². The van der Waals surface area contributed by atoms with E-state index in [0.717, 1.165) is 11.8 Å². The number of aliphatic imine (C=N–C) groups is 1. The first-order valence-corrected chi connectivity index (χ1v) is 5.31. The Bertz CT molecular complexity index is 572. The Balaban J connectivity index is 2.14. The summed E-state index contributed by atoms with van der Waals surface area (Å²) in [6, 6.07) is 9.22. The van der Waals surface area contributed by atoms with Gasteiger partial charge in [0, 0.05) is 12.8 Å². The lowest BCUT2D eigenvalue weighted by Gasteiger charge is -2.16. The first kappa shape index (κ1) is 11.8. The van der Waals surface area contributed by atoms with Crippen molar-refractivity contribution >= 4 is 6.21 Å². The molecule has 6 nitrogen and oxygen atoms in total. The number of nitriles is 1. The van der Waals surface area contributed by atoms with Crippen LogP contribution in [0.3, 0.4) is 0 Å². The van der Waals surface area contributed by atoms with Crippen molar-refractivity contribution in [3.63, 3.8) is 0 Å². The second-order valence-electron chi connectivity index (χ2n) is 3.78. The third-order valence-electron chi connectivity index (χ3n) is 2.50. The highest BCUT2D eigenvalue weighted by atomic mass is 16.6. The van der Waals surface area contributed by atoms with Crippen molar-refractivity contribution in [3.05, 3.63) is 57.5 Å². The minimum atomic E-state index is -0.517. The van der Waals surface area contributed by atoms with Gasteiger partial charge in [0.2, 0.25) is 0 Å². The second-order valence-corrected chi connectivity index (χ2v) is 3.78. The summed E-state index contributed by atoms with van der Waals surface area (Å²) in [4.78, 5) is 15.7. The van der Waals surface area contributed by atoms with E-state index in [4.69, 9.17) is 5.26 Å². The van der Waals surface area contributed by atoms with Gasteiger partial charge in [0.15, 0.2) is 5.82 Å². The average Bonchev–Trinajstić information content (AvgIpc) is 2.76. The predicted octanol–water partition coefficient (Wildman–Crippen LogP) is 1.52. The maximum atomic E-state index is 10.4. The molecule has 1 aromatic carbocycles. The van der Waals surface area contributed by atoms with E-state index in [2.05, 4.69) is 11.1 Å². The van der Waals surface area contributed by atoms with Crippen molar-refractivity contribution in [2.24, 2.45) is 4.99 Å². The third kappa shape index (κ3) is 2.71. The maximum Gasteiger partial charge on any atom is 0.276 e. The van der Waals surface area contributed by atoms with E-state index in [0.29, 0.717) is 24.5 Å². The monoisotopic (exact) mass is 242 g/mol. The smallest absolute Gasteiger partial charge is 0.276 e. The van der Waals surface area contributed by atoms with Crippen molar-refractivity contribution in [3.8, 4) is 6.07 Å². The Hall–Kier alpha value is -2.68. The number of benzene rings is 1. The molecule has 1 aliphatic rings. The number of nitrogens with zero attached hydrogens (tertiary/aromatic N) is 4. The van der Waals surface area contributed by atoms with Crippen LogP contribution in [0.1, 0.15) is 11.1 Å². The number of nitro groups is 1. The average molecular weight is 242 g/mol. The molecule has 0 N–H and O–H groups in total. The fourth-order valence-corrected chi connectivity index (χ4v) is 1.72. The van der Waals surface area contributed by atoms with Crippen LogP contribution in [0.15, 0.2) is 41.3 Å². The van der Waals surface area contributed by atoms with Gasteiger partial charge in [0.1, 0.15) is 0 Å². The van der Waals surface area contributed by atoms with Crippen molar-refractivity contribution in [1.29, 1.82) is 5.26 Å². The molecule has 6 heteroatoms. The van der Waals surface area contributed by atoms with Crippen LogP contribution in [0.4, 0.5) is 0 Å². The van der Waals surface area contributed by atoms with Gasteiger partial charge in [-0.2, -0.15) is 5.26 Å². The normalized spacial score (nSPS) is 15.9.